The fourth-order valence-electron chi connectivity index (χ4n) is 3.12. The summed E-state index contributed by atoms with van der Waals surface area (Å²) in [4.78, 5) is 19.2. The maximum atomic E-state index is 11.0. The van der Waals surface area contributed by atoms with Gasteiger partial charge in [-0.3, -0.25) is 10.1 Å². The van der Waals surface area contributed by atoms with Crippen LogP contribution in [0, 0.1) is 17.0 Å². The number of hydrogen-bond acceptors (Lipinski definition) is 9. The van der Waals surface area contributed by atoms with Gasteiger partial charge in [0.2, 0.25) is 5.89 Å². The van der Waals surface area contributed by atoms with Crippen molar-refractivity contribution < 1.29 is 23.3 Å². The Bertz CT molecular complexity index is 1130. The number of hydrogen-bond donors (Lipinski definition) is 2. The van der Waals surface area contributed by atoms with E-state index in [4.69, 9.17) is 9.31 Å². The van der Waals surface area contributed by atoms with Crippen molar-refractivity contribution in [2.24, 2.45) is 0 Å². The molecule has 2 unspecified atom stereocenters. The molecule has 3 aromatic rings. The molecule has 10 nitrogen and oxygen atoms in total. The van der Waals surface area contributed by atoms with E-state index in [0.29, 0.717) is 30.6 Å². The number of thioether (sulfide) groups is 1. The van der Waals surface area contributed by atoms with E-state index in [9.17, 15) is 14.7 Å². The Morgan fingerprint density at radius 2 is 2.12 bits per heavy atom. The first-order valence-corrected chi connectivity index (χ1v) is 12.2. The van der Waals surface area contributed by atoms with E-state index < -0.39 is 13.2 Å². The van der Waals surface area contributed by atoms with Gasteiger partial charge >= 0.3 is 8.25 Å². The lowest BCUT2D eigenvalue weighted by molar-refractivity contribution is -0.384. The summed E-state index contributed by atoms with van der Waals surface area (Å²) in [6, 6.07) is 12.4. The summed E-state index contributed by atoms with van der Waals surface area (Å²) < 4.78 is 20.9. The van der Waals surface area contributed by atoms with Crippen LogP contribution >= 0.6 is 20.0 Å². The molecule has 0 saturated heterocycles. The third-order valence-corrected chi connectivity index (χ3v) is 6.18. The molecule has 0 aliphatic rings. The van der Waals surface area contributed by atoms with Crippen molar-refractivity contribution in [3.8, 4) is 11.5 Å². The lowest BCUT2D eigenvalue weighted by Gasteiger charge is -2.08. The Kier molecular flexibility index (Phi) is 9.04. The molecule has 0 spiro atoms. The molecule has 2 atom stereocenters. The van der Waals surface area contributed by atoms with Gasteiger partial charge in [0, 0.05) is 34.1 Å². The summed E-state index contributed by atoms with van der Waals surface area (Å²) in [5, 5.41) is 22.8. The molecule has 33 heavy (non-hydrogen) atoms. The smallest absolute Gasteiger partial charge is 0.411 e. The van der Waals surface area contributed by atoms with Crippen LogP contribution < -0.4 is 5.32 Å². The van der Waals surface area contributed by atoms with Crippen molar-refractivity contribution in [3.63, 3.8) is 0 Å². The quantitative estimate of drug-likeness (QED) is 0.117. The second kappa shape index (κ2) is 12.0. The van der Waals surface area contributed by atoms with Crippen molar-refractivity contribution in [1.29, 1.82) is 0 Å². The highest BCUT2D eigenvalue weighted by Gasteiger charge is 2.17. The summed E-state index contributed by atoms with van der Waals surface area (Å²) in [7, 11) is -2.54. The van der Waals surface area contributed by atoms with Crippen molar-refractivity contribution in [1.82, 2.24) is 15.5 Å². The topological polar surface area (TPSA) is 141 Å². The first kappa shape index (κ1) is 24.9. The minimum Gasteiger partial charge on any atom is -0.411 e. The Labute approximate surface area is 195 Å². The highest BCUT2D eigenvalue weighted by atomic mass is 32.2. The van der Waals surface area contributed by atoms with Gasteiger partial charge in [-0.25, -0.2) is 0 Å². The first-order chi connectivity index (χ1) is 15.8. The number of benzene rings is 2. The number of nitrogens with zero attached hydrogens (tertiary/aromatic N) is 3. The third kappa shape index (κ3) is 7.41. The average Bonchev–Trinajstić information content (AvgIpc) is 3.24. The maximum Gasteiger partial charge on any atom is 0.694 e. The van der Waals surface area contributed by atoms with Crippen molar-refractivity contribution in [2.75, 3.05) is 13.2 Å². The Balaban J connectivity index is 1.58. The average molecular weight is 491 g/mol. The highest BCUT2D eigenvalue weighted by Crippen LogP contribution is 2.36. The van der Waals surface area contributed by atoms with E-state index in [1.54, 1.807) is 12.1 Å². The van der Waals surface area contributed by atoms with Crippen LogP contribution in [0.3, 0.4) is 0 Å². The molecule has 0 saturated carbocycles. The third-order valence-electron chi connectivity index (χ3n) is 4.78. The van der Waals surface area contributed by atoms with Gasteiger partial charge in [0.15, 0.2) is 0 Å². The van der Waals surface area contributed by atoms with Gasteiger partial charge in [-0.1, -0.05) is 36.0 Å². The fraction of sp³-hybridized carbons (Fsp3) is 0.333. The molecular formula is C21H24N4O6PS+. The van der Waals surface area contributed by atoms with Gasteiger partial charge in [-0.15, -0.1) is 19.6 Å². The largest absolute Gasteiger partial charge is 0.694 e. The molecule has 0 fully saturated rings. The van der Waals surface area contributed by atoms with Gasteiger partial charge < -0.3 is 9.73 Å². The van der Waals surface area contributed by atoms with E-state index in [2.05, 4.69) is 20.0 Å². The van der Waals surface area contributed by atoms with Crippen molar-refractivity contribution in [2.45, 2.75) is 37.3 Å². The number of nitro benzene ring substituents is 1. The van der Waals surface area contributed by atoms with Crippen LogP contribution in [-0.2, 0) is 15.6 Å². The van der Waals surface area contributed by atoms with Crippen LogP contribution in [0.2, 0.25) is 0 Å². The summed E-state index contributed by atoms with van der Waals surface area (Å²) in [6.07, 6.45) is 0.635. The van der Waals surface area contributed by atoms with Crippen LogP contribution in [0.25, 0.3) is 11.5 Å². The number of aromatic nitrogens is 2. The second-order valence-corrected chi connectivity index (χ2v) is 9.26. The van der Waals surface area contributed by atoms with Crippen LogP contribution in [0.1, 0.15) is 35.3 Å². The summed E-state index contributed by atoms with van der Waals surface area (Å²) in [5.74, 6) is 0.413. The fourth-order valence-corrected chi connectivity index (χ4v) is 4.21. The predicted molar refractivity (Wildman–Crippen MR) is 124 cm³/mol. The molecule has 1 aromatic heterocycles. The van der Waals surface area contributed by atoms with Crippen LogP contribution in [0.5, 0.6) is 0 Å². The maximum absolute atomic E-state index is 11.0. The standard InChI is InChI=1S/C21H23N4O6PS/c1-14-11-16(13-22-9-4-10-30-32(28)29)7-8-19(14)20-23-24-21(31-20)33-15(2)17-5-3-6-18(12-17)25(26)27/h3,5-8,11-12,15,22H,4,9-10,13H2,1-2H3/p+1. The van der Waals surface area contributed by atoms with E-state index in [0.717, 1.165) is 22.3 Å². The predicted octanol–water partition coefficient (Wildman–Crippen LogP) is 4.95. The number of non-ortho nitro benzene ring substituents is 1. The molecule has 3 rings (SSSR count). The van der Waals surface area contributed by atoms with Crippen LogP contribution in [-0.4, -0.2) is 33.2 Å². The lowest BCUT2D eigenvalue weighted by Crippen LogP contribution is -2.16. The number of rotatable bonds is 12. The SMILES string of the molecule is Cc1cc(CNCCCO[P+](=O)O)ccc1-c1nnc(SC(C)c2cccc([N+](=O)[O-])c2)o1. The minimum absolute atomic E-state index is 0.0479. The van der Waals surface area contributed by atoms with E-state index in [1.807, 2.05) is 38.1 Å². The monoisotopic (exact) mass is 491 g/mol. The zero-order chi connectivity index (χ0) is 23.8. The molecule has 0 radical (unpaired) electrons. The lowest BCUT2D eigenvalue weighted by atomic mass is 10.1. The molecule has 1 heterocycles. The van der Waals surface area contributed by atoms with Gasteiger partial charge in [-0.2, -0.15) is 0 Å². The van der Waals surface area contributed by atoms with E-state index in [1.165, 1.54) is 17.8 Å². The van der Waals surface area contributed by atoms with E-state index >= 15 is 0 Å². The molecular weight excluding hydrogens is 467 g/mol. The summed E-state index contributed by atoms with van der Waals surface area (Å²) in [5.41, 5.74) is 3.76. The van der Waals surface area contributed by atoms with Crippen LogP contribution in [0.4, 0.5) is 5.69 Å². The highest BCUT2D eigenvalue weighted by molar-refractivity contribution is 7.99. The normalized spacial score (nSPS) is 12.5. The number of aryl methyl sites for hydroxylation is 1. The molecule has 0 aliphatic carbocycles. The summed E-state index contributed by atoms with van der Waals surface area (Å²) >= 11 is 1.34. The molecule has 0 amide bonds. The zero-order valence-corrected chi connectivity index (χ0v) is 19.8. The number of nitro groups is 1. The molecule has 12 heteroatoms. The zero-order valence-electron chi connectivity index (χ0n) is 18.1. The second-order valence-electron chi connectivity index (χ2n) is 7.24. The van der Waals surface area contributed by atoms with Gasteiger partial charge in [-0.05, 0) is 49.6 Å². The van der Waals surface area contributed by atoms with Crippen molar-refractivity contribution in [3.05, 3.63) is 69.3 Å². The molecule has 174 valence electrons. The molecule has 2 aromatic carbocycles. The Morgan fingerprint density at radius 1 is 1.30 bits per heavy atom. The minimum atomic E-state index is -2.54. The van der Waals surface area contributed by atoms with Crippen molar-refractivity contribution >= 4 is 25.7 Å². The summed E-state index contributed by atoms with van der Waals surface area (Å²) in [6.45, 7) is 5.44. The van der Waals surface area contributed by atoms with E-state index in [-0.39, 0.29) is 17.5 Å². The van der Waals surface area contributed by atoms with Gasteiger partial charge in [0.05, 0.1) is 4.92 Å². The van der Waals surface area contributed by atoms with Gasteiger partial charge in [0.25, 0.3) is 10.9 Å². The Morgan fingerprint density at radius 3 is 2.85 bits per heavy atom. The van der Waals surface area contributed by atoms with Gasteiger partial charge in [0.1, 0.15) is 6.61 Å². The number of nitrogens with one attached hydrogen (secondary N) is 1. The molecule has 2 N–H and O–H groups in total. The first-order valence-electron chi connectivity index (χ1n) is 10.2. The Hall–Kier alpha value is -2.69. The molecule has 0 aliphatic heterocycles. The molecule has 0 bridgehead atoms. The van der Waals surface area contributed by atoms with Crippen LogP contribution in [0.15, 0.2) is 52.1 Å².